The minimum atomic E-state index is -3.69. The zero-order valence-electron chi connectivity index (χ0n) is 11.8. The summed E-state index contributed by atoms with van der Waals surface area (Å²) in [7, 11) is -2.19. The molecule has 0 aliphatic carbocycles. The Morgan fingerprint density at radius 1 is 1.38 bits per heavy atom. The number of thiocarbonyl (C=S) groups is 1. The van der Waals surface area contributed by atoms with Gasteiger partial charge in [-0.25, -0.2) is 12.7 Å². The molecule has 1 rings (SSSR count). The van der Waals surface area contributed by atoms with Gasteiger partial charge in [0, 0.05) is 25.8 Å². The molecule has 5 nitrogen and oxygen atoms in total. The van der Waals surface area contributed by atoms with Crippen LogP contribution in [0.15, 0.2) is 23.1 Å². The van der Waals surface area contributed by atoms with Gasteiger partial charge >= 0.3 is 0 Å². The van der Waals surface area contributed by atoms with Gasteiger partial charge in [0.25, 0.3) is 0 Å². The maximum Gasteiger partial charge on any atom is 0.244 e. The van der Waals surface area contributed by atoms with E-state index in [4.69, 9.17) is 34.7 Å². The van der Waals surface area contributed by atoms with Crippen LogP contribution in [0, 0.1) is 0 Å². The molecule has 0 bridgehead atoms. The first kappa shape index (κ1) is 18.3. The monoisotopic (exact) mass is 350 g/mol. The summed E-state index contributed by atoms with van der Waals surface area (Å²) in [5.41, 5.74) is 5.98. The molecule has 118 valence electrons. The molecule has 21 heavy (non-hydrogen) atoms. The van der Waals surface area contributed by atoms with E-state index in [-0.39, 0.29) is 21.5 Å². The highest BCUT2D eigenvalue weighted by molar-refractivity contribution is 7.89. The smallest absolute Gasteiger partial charge is 0.244 e. The average molecular weight is 351 g/mol. The summed E-state index contributed by atoms with van der Waals surface area (Å²) in [6.07, 6.45) is 2.09. The second-order valence-corrected chi connectivity index (χ2v) is 7.48. The van der Waals surface area contributed by atoms with Gasteiger partial charge in [-0.3, -0.25) is 0 Å². The van der Waals surface area contributed by atoms with Crippen molar-refractivity contribution in [3.63, 3.8) is 0 Å². The maximum absolute atomic E-state index is 12.5. The highest BCUT2D eigenvalue weighted by atomic mass is 35.5. The predicted molar refractivity (Wildman–Crippen MR) is 88.1 cm³/mol. The van der Waals surface area contributed by atoms with Crippen LogP contribution in [0.5, 0.6) is 0 Å². The Labute approximate surface area is 135 Å². The average Bonchev–Trinajstić information content (AvgIpc) is 2.43. The lowest BCUT2D eigenvalue weighted by Gasteiger charge is -2.18. The summed E-state index contributed by atoms with van der Waals surface area (Å²) in [5, 5.41) is 8.85. The third kappa shape index (κ3) is 4.89. The Hall–Kier alpha value is -0.730. The standard InChI is InChI=1S/C13H19ClN2O3S2/c1-16(7-3-2-4-8-17)21(18,19)12-9-10(13(15)20)5-6-11(12)14/h5-6,9,17H,2-4,7-8H2,1H3,(H2,15,20). The topological polar surface area (TPSA) is 83.6 Å². The second-order valence-electron chi connectivity index (χ2n) is 4.62. The Kier molecular flexibility index (Phi) is 7.02. The van der Waals surface area contributed by atoms with Crippen molar-refractivity contribution < 1.29 is 13.5 Å². The van der Waals surface area contributed by atoms with Crippen molar-refractivity contribution in [3.05, 3.63) is 28.8 Å². The van der Waals surface area contributed by atoms with Crippen molar-refractivity contribution >= 4 is 38.8 Å². The summed E-state index contributed by atoms with van der Waals surface area (Å²) in [4.78, 5) is 0.118. The number of sulfonamides is 1. The molecule has 1 aromatic carbocycles. The third-order valence-electron chi connectivity index (χ3n) is 3.04. The van der Waals surface area contributed by atoms with Gasteiger partial charge in [0.1, 0.15) is 9.88 Å². The molecule has 0 aliphatic heterocycles. The zero-order chi connectivity index (χ0) is 16.0. The van der Waals surface area contributed by atoms with Crippen LogP contribution < -0.4 is 5.73 Å². The number of hydrogen-bond acceptors (Lipinski definition) is 4. The number of aliphatic hydroxyl groups excluding tert-OH is 1. The molecule has 8 heteroatoms. The number of halogens is 1. The molecule has 0 radical (unpaired) electrons. The molecule has 0 amide bonds. The molecule has 0 aromatic heterocycles. The van der Waals surface area contributed by atoms with Crippen LogP contribution in [0.3, 0.4) is 0 Å². The molecule has 0 saturated carbocycles. The summed E-state index contributed by atoms with van der Waals surface area (Å²) in [5.74, 6) is 0. The second kappa shape index (κ2) is 8.05. The number of unbranched alkanes of at least 4 members (excludes halogenated alkanes) is 2. The molecule has 3 N–H and O–H groups in total. The van der Waals surface area contributed by atoms with Crippen LogP contribution in [0.2, 0.25) is 5.02 Å². The molecule has 0 heterocycles. The van der Waals surface area contributed by atoms with E-state index in [0.29, 0.717) is 24.9 Å². The van der Waals surface area contributed by atoms with Gasteiger partial charge in [0.15, 0.2) is 0 Å². The molecule has 0 aliphatic rings. The largest absolute Gasteiger partial charge is 0.396 e. The van der Waals surface area contributed by atoms with Crippen molar-refractivity contribution in [2.24, 2.45) is 5.73 Å². The summed E-state index contributed by atoms with van der Waals surface area (Å²) < 4.78 is 26.2. The van der Waals surface area contributed by atoms with Crippen molar-refractivity contribution in [3.8, 4) is 0 Å². The summed E-state index contributed by atoms with van der Waals surface area (Å²) in [6, 6.07) is 4.46. The predicted octanol–water partition coefficient (Wildman–Crippen LogP) is 1.76. The first-order valence-electron chi connectivity index (χ1n) is 6.47. The highest BCUT2D eigenvalue weighted by Crippen LogP contribution is 2.25. The van der Waals surface area contributed by atoms with E-state index in [1.54, 1.807) is 6.07 Å². The van der Waals surface area contributed by atoms with Gasteiger partial charge in [-0.2, -0.15) is 0 Å². The van der Waals surface area contributed by atoms with Crippen LogP contribution in [0.25, 0.3) is 0 Å². The first-order valence-corrected chi connectivity index (χ1v) is 8.70. The van der Waals surface area contributed by atoms with Crippen LogP contribution >= 0.6 is 23.8 Å². The molecular formula is C13H19ClN2O3S2. The van der Waals surface area contributed by atoms with Crippen molar-refractivity contribution in [2.45, 2.75) is 24.2 Å². The van der Waals surface area contributed by atoms with Crippen molar-refractivity contribution in [1.82, 2.24) is 4.31 Å². The van der Waals surface area contributed by atoms with Gasteiger partial charge in [-0.05, 0) is 31.4 Å². The van der Waals surface area contributed by atoms with Gasteiger partial charge in [0.2, 0.25) is 10.0 Å². The molecule has 0 unspecified atom stereocenters. The van der Waals surface area contributed by atoms with Gasteiger partial charge < -0.3 is 10.8 Å². The van der Waals surface area contributed by atoms with Crippen LogP contribution in [-0.2, 0) is 10.0 Å². The maximum atomic E-state index is 12.5. The van der Waals surface area contributed by atoms with Crippen LogP contribution in [0.4, 0.5) is 0 Å². The number of nitrogens with zero attached hydrogens (tertiary/aromatic N) is 1. The van der Waals surface area contributed by atoms with E-state index >= 15 is 0 Å². The van der Waals surface area contributed by atoms with Gasteiger partial charge in [0.05, 0.1) is 5.02 Å². The van der Waals surface area contributed by atoms with Crippen LogP contribution in [-0.4, -0.2) is 43.0 Å². The Morgan fingerprint density at radius 2 is 2.05 bits per heavy atom. The highest BCUT2D eigenvalue weighted by Gasteiger charge is 2.23. The van der Waals surface area contributed by atoms with Crippen LogP contribution in [0.1, 0.15) is 24.8 Å². The number of rotatable bonds is 8. The van der Waals surface area contributed by atoms with E-state index in [1.165, 1.54) is 23.5 Å². The van der Waals surface area contributed by atoms with E-state index in [0.717, 1.165) is 6.42 Å². The van der Waals surface area contributed by atoms with E-state index in [2.05, 4.69) is 0 Å². The van der Waals surface area contributed by atoms with E-state index < -0.39 is 10.0 Å². The molecule has 0 spiro atoms. The lowest BCUT2D eigenvalue weighted by Crippen LogP contribution is -2.28. The third-order valence-corrected chi connectivity index (χ3v) is 5.61. The number of benzene rings is 1. The normalized spacial score (nSPS) is 11.8. The Balaban J connectivity index is 2.96. The van der Waals surface area contributed by atoms with Crippen molar-refractivity contribution in [1.29, 1.82) is 0 Å². The summed E-state index contributed by atoms with van der Waals surface area (Å²) in [6.45, 7) is 0.467. The fraction of sp³-hybridized carbons (Fsp3) is 0.462. The first-order chi connectivity index (χ1) is 9.80. The zero-order valence-corrected chi connectivity index (χ0v) is 14.1. The van der Waals surface area contributed by atoms with E-state index in [1.807, 2.05) is 0 Å². The fourth-order valence-electron chi connectivity index (χ4n) is 1.77. The fourth-order valence-corrected chi connectivity index (χ4v) is 3.60. The molecular weight excluding hydrogens is 332 g/mol. The SMILES string of the molecule is CN(CCCCCO)S(=O)(=O)c1cc(C(N)=S)ccc1Cl. The molecule has 0 saturated heterocycles. The lowest BCUT2D eigenvalue weighted by atomic mass is 10.2. The summed E-state index contributed by atoms with van der Waals surface area (Å²) >= 11 is 10.8. The van der Waals surface area contributed by atoms with Gasteiger partial charge in [-0.15, -0.1) is 0 Å². The number of nitrogens with two attached hydrogens (primary N) is 1. The quantitative estimate of drug-likeness (QED) is 0.551. The van der Waals surface area contributed by atoms with Gasteiger partial charge in [-0.1, -0.05) is 29.9 Å². The molecule has 0 fully saturated rings. The van der Waals surface area contributed by atoms with Crippen molar-refractivity contribution in [2.75, 3.05) is 20.2 Å². The minimum absolute atomic E-state index is 0.000810. The minimum Gasteiger partial charge on any atom is -0.396 e. The number of aliphatic hydroxyl groups is 1. The number of hydrogen-bond donors (Lipinski definition) is 2. The van der Waals surface area contributed by atoms with E-state index in [9.17, 15) is 8.42 Å². The Bertz CT molecular complexity index is 605. The lowest BCUT2D eigenvalue weighted by molar-refractivity contribution is 0.281. The molecule has 1 aromatic rings. The Morgan fingerprint density at radius 3 is 2.62 bits per heavy atom. The molecule has 0 atom stereocenters.